The van der Waals surface area contributed by atoms with Crippen LogP contribution in [-0.4, -0.2) is 18.8 Å². The lowest BCUT2D eigenvalue weighted by Gasteiger charge is -2.31. The summed E-state index contributed by atoms with van der Waals surface area (Å²) < 4.78 is 6.78. The molecular weight excluding hydrogens is 304 g/mol. The van der Waals surface area contributed by atoms with E-state index >= 15 is 0 Å². The maximum Gasteiger partial charge on any atom is 0.101 e. The predicted molar refractivity (Wildman–Crippen MR) is 78.0 cm³/mol. The molecule has 1 N–H and O–H groups in total. The molecule has 0 spiro atoms. The molecule has 100 valence electrons. The fraction of sp³-hybridized carbons (Fsp3) is 0.533. The zero-order chi connectivity index (χ0) is 13.2. The first-order chi connectivity index (χ1) is 9.26. The van der Waals surface area contributed by atoms with Crippen LogP contribution in [0.1, 0.15) is 31.2 Å². The van der Waals surface area contributed by atoms with Crippen LogP contribution in [0.4, 0.5) is 5.69 Å². The van der Waals surface area contributed by atoms with Crippen LogP contribution in [-0.2, 0) is 4.74 Å². The van der Waals surface area contributed by atoms with E-state index in [2.05, 4.69) is 27.3 Å². The van der Waals surface area contributed by atoms with Crippen molar-refractivity contribution in [2.24, 2.45) is 5.92 Å². The van der Waals surface area contributed by atoms with Gasteiger partial charge < -0.3 is 10.1 Å². The van der Waals surface area contributed by atoms with E-state index in [0.29, 0.717) is 17.7 Å². The molecule has 0 bridgehead atoms. The summed E-state index contributed by atoms with van der Waals surface area (Å²) in [5.41, 5.74) is 1.64. The number of hydrogen-bond donors (Lipinski definition) is 1. The fourth-order valence-electron chi connectivity index (χ4n) is 2.71. The molecule has 0 aromatic heterocycles. The summed E-state index contributed by atoms with van der Waals surface area (Å²) in [5, 5.41) is 12.7. The quantitative estimate of drug-likeness (QED) is 0.923. The molecule has 1 aliphatic heterocycles. The minimum atomic E-state index is 0.423. The molecule has 1 saturated heterocycles. The summed E-state index contributed by atoms with van der Waals surface area (Å²) in [7, 11) is 0. The fourth-order valence-corrected chi connectivity index (χ4v) is 3.07. The van der Waals surface area contributed by atoms with Gasteiger partial charge in [0.25, 0.3) is 0 Å². The van der Waals surface area contributed by atoms with Crippen LogP contribution < -0.4 is 5.32 Å². The number of halogens is 1. The van der Waals surface area contributed by atoms with Gasteiger partial charge in [0.15, 0.2) is 0 Å². The third-order valence-corrected chi connectivity index (χ3v) is 4.42. The Morgan fingerprint density at radius 2 is 2.16 bits per heavy atom. The Balaban J connectivity index is 1.68. The number of hydrogen-bond acceptors (Lipinski definition) is 3. The summed E-state index contributed by atoms with van der Waals surface area (Å²) in [6.07, 6.45) is 5.14. The number of ether oxygens (including phenoxy) is 1. The Morgan fingerprint density at radius 3 is 2.89 bits per heavy atom. The summed E-state index contributed by atoms with van der Waals surface area (Å²) in [4.78, 5) is 0. The Kier molecular flexibility index (Phi) is 3.76. The van der Waals surface area contributed by atoms with Crippen LogP contribution in [0.15, 0.2) is 22.7 Å². The minimum absolute atomic E-state index is 0.423. The van der Waals surface area contributed by atoms with Crippen LogP contribution in [0, 0.1) is 17.2 Å². The normalized spacial score (nSPS) is 26.7. The van der Waals surface area contributed by atoms with Crippen molar-refractivity contribution in [2.75, 3.05) is 11.9 Å². The second-order valence-corrected chi connectivity index (χ2v) is 6.33. The first-order valence-corrected chi connectivity index (χ1v) is 7.63. The second-order valence-electron chi connectivity index (χ2n) is 5.41. The highest BCUT2D eigenvalue weighted by atomic mass is 79.9. The summed E-state index contributed by atoms with van der Waals surface area (Å²) in [5.74, 6) is 0.782. The summed E-state index contributed by atoms with van der Waals surface area (Å²) in [6.45, 7) is 0.831. The van der Waals surface area contributed by atoms with Crippen LogP contribution >= 0.6 is 15.9 Å². The number of nitrogens with zero attached hydrogens (tertiary/aromatic N) is 1. The van der Waals surface area contributed by atoms with Crippen LogP contribution in [0.25, 0.3) is 0 Å². The average molecular weight is 321 g/mol. The van der Waals surface area contributed by atoms with E-state index in [1.807, 2.05) is 18.2 Å². The molecule has 2 unspecified atom stereocenters. The maximum atomic E-state index is 9.19. The van der Waals surface area contributed by atoms with Crippen LogP contribution in [0.3, 0.4) is 0 Å². The summed E-state index contributed by atoms with van der Waals surface area (Å²) in [6, 6.07) is 8.48. The predicted octanol–water partition coefficient (Wildman–Crippen LogP) is 3.69. The molecular formula is C15H17BrN2O. The highest BCUT2D eigenvalue weighted by Crippen LogP contribution is 2.38. The highest BCUT2D eigenvalue weighted by Gasteiger charge is 2.35. The van der Waals surface area contributed by atoms with E-state index in [1.54, 1.807) is 0 Å². The summed E-state index contributed by atoms with van der Waals surface area (Å²) >= 11 is 3.40. The molecule has 0 radical (unpaired) electrons. The van der Waals surface area contributed by atoms with Crippen molar-refractivity contribution in [3.63, 3.8) is 0 Å². The van der Waals surface area contributed by atoms with Crippen molar-refractivity contribution < 1.29 is 4.74 Å². The van der Waals surface area contributed by atoms with E-state index < -0.39 is 0 Å². The third kappa shape index (κ3) is 3.10. The Bertz CT molecular complexity index is 507. The van der Waals surface area contributed by atoms with E-state index in [-0.39, 0.29) is 0 Å². The first kappa shape index (κ1) is 13.0. The molecule has 1 aliphatic carbocycles. The van der Waals surface area contributed by atoms with Gasteiger partial charge in [0.1, 0.15) is 6.07 Å². The van der Waals surface area contributed by atoms with E-state index in [0.717, 1.165) is 35.5 Å². The molecule has 4 heteroatoms. The largest absolute Gasteiger partial charge is 0.381 e. The van der Waals surface area contributed by atoms with Gasteiger partial charge in [-0.2, -0.15) is 5.26 Å². The first-order valence-electron chi connectivity index (χ1n) is 6.84. The smallest absolute Gasteiger partial charge is 0.101 e. The Morgan fingerprint density at radius 1 is 1.32 bits per heavy atom. The number of anilines is 1. The van der Waals surface area contributed by atoms with Gasteiger partial charge in [-0.3, -0.25) is 0 Å². The van der Waals surface area contributed by atoms with E-state index in [4.69, 9.17) is 4.74 Å². The van der Waals surface area contributed by atoms with E-state index in [9.17, 15) is 5.26 Å². The molecule has 1 heterocycles. The van der Waals surface area contributed by atoms with Crippen LogP contribution in [0.2, 0.25) is 0 Å². The van der Waals surface area contributed by atoms with Crippen molar-refractivity contribution >= 4 is 21.6 Å². The highest BCUT2D eigenvalue weighted by molar-refractivity contribution is 9.10. The molecule has 2 fully saturated rings. The van der Waals surface area contributed by atoms with Gasteiger partial charge in [0.05, 0.1) is 17.4 Å². The number of benzene rings is 1. The molecule has 3 nitrogen and oxygen atoms in total. The van der Waals surface area contributed by atoms with Crippen molar-refractivity contribution in [1.82, 2.24) is 0 Å². The Labute approximate surface area is 122 Å². The van der Waals surface area contributed by atoms with Crippen molar-refractivity contribution in [3.05, 3.63) is 28.2 Å². The second kappa shape index (κ2) is 5.52. The maximum absolute atomic E-state index is 9.19. The number of nitrogens with one attached hydrogen (secondary N) is 1. The third-order valence-electron chi connectivity index (χ3n) is 3.92. The zero-order valence-corrected chi connectivity index (χ0v) is 12.3. The molecule has 3 rings (SSSR count). The van der Waals surface area contributed by atoms with Gasteiger partial charge in [0.2, 0.25) is 0 Å². The monoisotopic (exact) mass is 320 g/mol. The molecule has 1 aromatic carbocycles. The Hall–Kier alpha value is -1.05. The van der Waals surface area contributed by atoms with Gasteiger partial charge >= 0.3 is 0 Å². The van der Waals surface area contributed by atoms with Gasteiger partial charge in [-0.25, -0.2) is 0 Å². The number of nitriles is 1. The van der Waals surface area contributed by atoms with Crippen molar-refractivity contribution in [1.29, 1.82) is 5.26 Å². The molecule has 0 amide bonds. The lowest BCUT2D eigenvalue weighted by atomic mass is 9.99. The molecule has 2 aliphatic rings. The topological polar surface area (TPSA) is 45.0 Å². The SMILES string of the molecule is N#Cc1cc(Br)ccc1NC1CCOC(C2CC2)C1. The lowest BCUT2D eigenvalue weighted by Crippen LogP contribution is -2.35. The lowest BCUT2D eigenvalue weighted by molar-refractivity contribution is -0.00218. The zero-order valence-electron chi connectivity index (χ0n) is 10.7. The van der Waals surface area contributed by atoms with Crippen molar-refractivity contribution in [2.45, 2.75) is 37.8 Å². The van der Waals surface area contributed by atoms with E-state index in [1.165, 1.54) is 12.8 Å². The van der Waals surface area contributed by atoms with Crippen molar-refractivity contribution in [3.8, 4) is 6.07 Å². The molecule has 1 aromatic rings. The van der Waals surface area contributed by atoms with Gasteiger partial charge in [-0.05, 0) is 49.8 Å². The average Bonchev–Trinajstić information content (AvgIpc) is 3.25. The minimum Gasteiger partial charge on any atom is -0.381 e. The molecule has 19 heavy (non-hydrogen) atoms. The molecule has 2 atom stereocenters. The van der Waals surface area contributed by atoms with Gasteiger partial charge in [0, 0.05) is 17.1 Å². The van der Waals surface area contributed by atoms with Gasteiger partial charge in [-0.15, -0.1) is 0 Å². The van der Waals surface area contributed by atoms with Gasteiger partial charge in [-0.1, -0.05) is 15.9 Å². The van der Waals surface area contributed by atoms with Crippen LogP contribution in [0.5, 0.6) is 0 Å². The standard InChI is InChI=1S/C15H17BrN2O/c16-12-3-4-14(11(7-12)9-17)18-13-5-6-19-15(8-13)10-1-2-10/h3-4,7,10,13,15,18H,1-2,5-6,8H2. The molecule has 1 saturated carbocycles. The number of rotatable bonds is 3.